The molecule has 1 radical (unpaired) electrons. The number of nitrogens with zero attached hydrogens (tertiary/aromatic N) is 4. The molecule has 101 valence electrons. The van der Waals surface area contributed by atoms with Gasteiger partial charge in [-0.15, -0.1) is 17.2 Å². The molecule has 0 saturated heterocycles. The van der Waals surface area contributed by atoms with E-state index in [0.717, 1.165) is 29.0 Å². The maximum absolute atomic E-state index is 5.29. The minimum Gasteiger partial charge on any atom is -0.464 e. The average Bonchev–Trinajstić information content (AvgIpc) is 2.95. The Labute approximate surface area is 124 Å². The molecule has 0 fully saturated rings. The first-order valence-corrected chi connectivity index (χ1v) is 5.88. The maximum atomic E-state index is 5.29. The summed E-state index contributed by atoms with van der Waals surface area (Å²) < 4.78 is 7.31. The van der Waals surface area contributed by atoms with Crippen LogP contribution in [0.15, 0.2) is 29.3 Å². The number of rotatable bonds is 3. The predicted molar refractivity (Wildman–Crippen MR) is 66.7 cm³/mol. The topological polar surface area (TPSA) is 56.7 Å². The van der Waals surface area contributed by atoms with Crippen molar-refractivity contribution in [1.29, 1.82) is 0 Å². The largest absolute Gasteiger partial charge is 0.464 e. The number of fused-ring (bicyclic) bond motifs is 1. The minimum absolute atomic E-state index is 0. The Balaban J connectivity index is 0.00000133. The zero-order chi connectivity index (χ0) is 12.5. The molecule has 0 bridgehead atoms. The van der Waals surface area contributed by atoms with E-state index in [1.165, 1.54) is 6.39 Å². The van der Waals surface area contributed by atoms with Crippen molar-refractivity contribution in [3.63, 3.8) is 0 Å². The van der Waals surface area contributed by atoms with Gasteiger partial charge in [-0.05, 0) is 5.92 Å². The van der Waals surface area contributed by atoms with Gasteiger partial charge in [-0.3, -0.25) is 4.98 Å². The van der Waals surface area contributed by atoms with Crippen LogP contribution in [0.25, 0.3) is 22.5 Å². The molecule has 0 aliphatic rings. The third-order valence-electron chi connectivity index (χ3n) is 2.70. The average molecular weight is 433 g/mol. The normalized spacial score (nSPS) is 10.9. The second-order valence-corrected chi connectivity index (χ2v) is 4.62. The molecule has 0 aliphatic heterocycles. The van der Waals surface area contributed by atoms with E-state index in [2.05, 4.69) is 35.1 Å². The number of benzene rings is 1. The fourth-order valence-corrected chi connectivity index (χ4v) is 1.98. The van der Waals surface area contributed by atoms with Crippen molar-refractivity contribution in [2.75, 3.05) is 0 Å². The molecule has 0 amide bonds. The summed E-state index contributed by atoms with van der Waals surface area (Å²) in [5, 5.41) is 8.15. The molecule has 0 unspecified atom stereocenters. The number of hydrogen-bond donors (Lipinski definition) is 0. The van der Waals surface area contributed by atoms with Crippen LogP contribution in [-0.4, -0.2) is 19.7 Å². The molecule has 3 aromatic rings. The fraction of sp³-hybridized carbons (Fsp3) is 0.308. The maximum Gasteiger partial charge on any atom is 0.170 e. The van der Waals surface area contributed by atoms with E-state index in [-0.39, 0.29) is 20.1 Å². The summed E-state index contributed by atoms with van der Waals surface area (Å²) in [6.45, 7) is 5.18. The van der Waals surface area contributed by atoms with Gasteiger partial charge in [0.1, 0.15) is 6.33 Å². The smallest absolute Gasteiger partial charge is 0.170 e. The van der Waals surface area contributed by atoms with Gasteiger partial charge >= 0.3 is 0 Å². The van der Waals surface area contributed by atoms with Gasteiger partial charge in [-0.25, -0.2) is 0 Å². The summed E-state index contributed by atoms with van der Waals surface area (Å²) in [5.74, 6) is 1.31. The Bertz CT molecular complexity index is 674. The Morgan fingerprint density at radius 1 is 1.42 bits per heavy atom. The summed E-state index contributed by atoms with van der Waals surface area (Å²) in [5.41, 5.74) is 2.35. The summed E-state index contributed by atoms with van der Waals surface area (Å²) >= 11 is 0. The van der Waals surface area contributed by atoms with E-state index in [1.54, 1.807) is 6.33 Å². The van der Waals surface area contributed by atoms with Crippen molar-refractivity contribution < 1.29 is 24.5 Å². The Morgan fingerprint density at radius 3 is 3.05 bits per heavy atom. The predicted octanol–water partition coefficient (Wildman–Crippen LogP) is 2.54. The fourth-order valence-electron chi connectivity index (χ4n) is 1.98. The second kappa shape index (κ2) is 5.63. The summed E-state index contributed by atoms with van der Waals surface area (Å²) in [7, 11) is 0. The van der Waals surface area contributed by atoms with Gasteiger partial charge in [-0.1, -0.05) is 25.5 Å². The summed E-state index contributed by atoms with van der Waals surface area (Å²) in [6.07, 6.45) is 3.17. The van der Waals surface area contributed by atoms with Gasteiger partial charge in [-0.2, -0.15) is 5.10 Å². The zero-order valence-corrected chi connectivity index (χ0v) is 13.0. The van der Waals surface area contributed by atoms with Crippen LogP contribution in [0, 0.1) is 12.0 Å². The van der Waals surface area contributed by atoms with E-state index in [0.29, 0.717) is 5.92 Å². The zero-order valence-electron chi connectivity index (χ0n) is 10.6. The van der Waals surface area contributed by atoms with Gasteiger partial charge in [0.2, 0.25) is 0 Å². The Hall–Kier alpha value is -1.52. The van der Waals surface area contributed by atoms with Crippen LogP contribution in [-0.2, 0) is 26.7 Å². The number of hydrogen-bond acceptors (Lipinski definition) is 4. The van der Waals surface area contributed by atoms with Gasteiger partial charge in [0, 0.05) is 32.2 Å². The molecule has 0 N–H and O–H groups in total. The van der Waals surface area contributed by atoms with Crippen LogP contribution < -0.4 is 0 Å². The van der Waals surface area contributed by atoms with Crippen molar-refractivity contribution >= 4 is 11.1 Å². The molecule has 0 atom stereocenters. The first-order valence-electron chi connectivity index (χ1n) is 5.88. The van der Waals surface area contributed by atoms with Crippen molar-refractivity contribution in [2.24, 2.45) is 5.92 Å². The summed E-state index contributed by atoms with van der Waals surface area (Å²) in [6, 6.07) is 6.83. The Morgan fingerprint density at radius 2 is 2.26 bits per heavy atom. The molecule has 0 saturated carbocycles. The van der Waals surface area contributed by atoms with Crippen molar-refractivity contribution in [3.8, 4) is 11.4 Å². The molecule has 2 heterocycles. The van der Waals surface area contributed by atoms with Crippen molar-refractivity contribution in [2.45, 2.75) is 20.4 Å². The van der Waals surface area contributed by atoms with Crippen LogP contribution in [0.1, 0.15) is 13.8 Å². The quantitative estimate of drug-likeness (QED) is 0.596. The van der Waals surface area contributed by atoms with Gasteiger partial charge in [0.05, 0.1) is 11.4 Å². The second-order valence-electron chi connectivity index (χ2n) is 4.62. The van der Waals surface area contributed by atoms with Crippen LogP contribution in [0.4, 0.5) is 0 Å². The number of oxazole rings is 1. The summed E-state index contributed by atoms with van der Waals surface area (Å²) in [4.78, 5) is 4.22. The van der Waals surface area contributed by atoms with E-state index < -0.39 is 0 Å². The van der Waals surface area contributed by atoms with Crippen LogP contribution in [0.2, 0.25) is 0 Å². The molecular weight excluding hydrogens is 420 g/mol. The Kier molecular flexibility index (Phi) is 4.12. The minimum atomic E-state index is 0. The molecule has 3 rings (SSSR count). The molecule has 5 nitrogen and oxygen atoms in total. The number of aromatic nitrogens is 4. The standard InChI is InChI=1S/C13H13N4O.Ir/c1-9(2)6-17-7-15-16-13(17)10-4-3-5-11-12(10)14-8-18-11;/h3,5,7-9H,6H2,1-2H3;/q-1;. The first kappa shape index (κ1) is 13.9. The van der Waals surface area contributed by atoms with Crippen molar-refractivity contribution in [1.82, 2.24) is 19.7 Å². The van der Waals surface area contributed by atoms with E-state index in [9.17, 15) is 0 Å². The van der Waals surface area contributed by atoms with Crippen LogP contribution in [0.3, 0.4) is 0 Å². The third-order valence-corrected chi connectivity index (χ3v) is 2.70. The molecule has 6 heteroatoms. The van der Waals surface area contributed by atoms with Crippen LogP contribution in [0.5, 0.6) is 0 Å². The van der Waals surface area contributed by atoms with Gasteiger partial charge in [0.15, 0.2) is 6.39 Å². The van der Waals surface area contributed by atoms with Crippen LogP contribution >= 0.6 is 0 Å². The monoisotopic (exact) mass is 434 g/mol. The van der Waals surface area contributed by atoms with E-state index >= 15 is 0 Å². The van der Waals surface area contributed by atoms with E-state index in [4.69, 9.17) is 4.42 Å². The molecule has 0 aliphatic carbocycles. The molecule has 0 spiro atoms. The van der Waals surface area contributed by atoms with Gasteiger partial charge in [0.25, 0.3) is 0 Å². The van der Waals surface area contributed by atoms with Crippen molar-refractivity contribution in [3.05, 3.63) is 30.9 Å². The first-order chi connectivity index (χ1) is 8.75. The molecule has 1 aromatic carbocycles. The molecule has 19 heavy (non-hydrogen) atoms. The van der Waals surface area contributed by atoms with E-state index in [1.807, 2.05) is 16.7 Å². The SMILES string of the molecule is CC(C)Cn1cnnc1-c1[c-]ccc2ocnc12.[Ir]. The van der Waals surface area contributed by atoms with Gasteiger partial charge < -0.3 is 8.98 Å². The molecule has 2 aromatic heterocycles. The molecular formula is C13H13IrN4O-. The third kappa shape index (κ3) is 2.60.